The minimum Gasteiger partial charge on any atom is -0.345 e. The van der Waals surface area contributed by atoms with Gasteiger partial charge < -0.3 is 4.57 Å². The molecule has 0 bridgehead atoms. The van der Waals surface area contributed by atoms with E-state index >= 15 is 0 Å². The molecule has 2 aromatic heterocycles. The topological polar surface area (TPSA) is 55.2 Å². The van der Waals surface area contributed by atoms with Crippen molar-refractivity contribution in [2.75, 3.05) is 13.1 Å². The van der Waals surface area contributed by atoms with Gasteiger partial charge in [0.2, 0.25) is 10.0 Å². The van der Waals surface area contributed by atoms with Crippen molar-refractivity contribution in [2.45, 2.75) is 38.5 Å². The maximum atomic E-state index is 13.2. The van der Waals surface area contributed by atoms with Crippen LogP contribution in [-0.4, -0.2) is 35.4 Å². The molecular weight excluding hydrogens is 426 g/mol. The Morgan fingerprint density at radius 3 is 2.52 bits per heavy atom. The summed E-state index contributed by atoms with van der Waals surface area (Å²) in [6.07, 6.45) is 1.81. The van der Waals surface area contributed by atoms with Crippen LogP contribution in [-0.2, 0) is 17.1 Å². The van der Waals surface area contributed by atoms with E-state index in [1.54, 1.807) is 10.4 Å². The van der Waals surface area contributed by atoms with Gasteiger partial charge in [0.05, 0.1) is 11.4 Å². The molecule has 0 atom stereocenters. The Bertz CT molecular complexity index is 1090. The van der Waals surface area contributed by atoms with Crippen LogP contribution >= 0.6 is 22.9 Å². The van der Waals surface area contributed by atoms with Crippen molar-refractivity contribution >= 4 is 33.0 Å². The standard InChI is InChI=1S/C21H26ClN3O2S2/c1-5-7-12-25(6-2)29(26,27)20-13-19(24(4)15(20)3)21-23-18(14-28-21)16-8-10-17(22)11-9-16/h8-11,13-14H,5-7,12H2,1-4H3. The van der Waals surface area contributed by atoms with Crippen LogP contribution in [0.15, 0.2) is 40.6 Å². The molecule has 0 aliphatic carbocycles. The number of nitrogens with zero attached hydrogens (tertiary/aromatic N) is 3. The molecule has 156 valence electrons. The van der Waals surface area contributed by atoms with Gasteiger partial charge in [0.15, 0.2) is 0 Å². The number of rotatable bonds is 8. The Kier molecular flexibility index (Phi) is 6.83. The summed E-state index contributed by atoms with van der Waals surface area (Å²) in [5.41, 5.74) is 3.35. The maximum Gasteiger partial charge on any atom is 0.244 e. The van der Waals surface area contributed by atoms with Crippen LogP contribution in [0.2, 0.25) is 5.02 Å². The Morgan fingerprint density at radius 2 is 1.90 bits per heavy atom. The number of hydrogen-bond acceptors (Lipinski definition) is 4. The third kappa shape index (κ3) is 4.43. The Labute approximate surface area is 182 Å². The van der Waals surface area contributed by atoms with E-state index in [4.69, 9.17) is 16.6 Å². The second kappa shape index (κ2) is 9.00. The lowest BCUT2D eigenvalue weighted by Gasteiger charge is -2.20. The van der Waals surface area contributed by atoms with Gasteiger partial charge in [0, 0.05) is 41.8 Å². The smallest absolute Gasteiger partial charge is 0.244 e. The normalized spacial score (nSPS) is 12.1. The Balaban J connectivity index is 1.98. The average Bonchev–Trinajstić information content (AvgIpc) is 3.29. The van der Waals surface area contributed by atoms with E-state index in [9.17, 15) is 8.42 Å². The molecule has 0 aliphatic heterocycles. The molecule has 0 amide bonds. The van der Waals surface area contributed by atoms with Gasteiger partial charge in [-0.25, -0.2) is 13.4 Å². The zero-order valence-corrected chi connectivity index (χ0v) is 19.5. The predicted octanol–water partition coefficient (Wildman–Crippen LogP) is 5.59. The molecule has 3 rings (SSSR count). The molecule has 0 fully saturated rings. The molecular formula is C21H26ClN3O2S2. The fourth-order valence-corrected chi connectivity index (χ4v) is 5.97. The van der Waals surface area contributed by atoms with Crippen LogP contribution in [0.5, 0.6) is 0 Å². The maximum absolute atomic E-state index is 13.2. The van der Waals surface area contributed by atoms with Gasteiger partial charge in [-0.3, -0.25) is 0 Å². The largest absolute Gasteiger partial charge is 0.345 e. The first kappa shape index (κ1) is 22.0. The first-order chi connectivity index (χ1) is 13.8. The highest BCUT2D eigenvalue weighted by Gasteiger charge is 2.28. The molecule has 0 aliphatic rings. The minimum absolute atomic E-state index is 0.358. The molecule has 1 aromatic carbocycles. The second-order valence-electron chi connectivity index (χ2n) is 6.93. The Hall–Kier alpha value is -1.67. The molecule has 0 spiro atoms. The molecule has 0 saturated heterocycles. The van der Waals surface area contributed by atoms with Crippen molar-refractivity contribution in [3.05, 3.63) is 46.4 Å². The number of hydrogen-bond donors (Lipinski definition) is 0. The number of unbranched alkanes of at least 4 members (excludes halogenated alkanes) is 1. The molecule has 29 heavy (non-hydrogen) atoms. The zero-order chi connectivity index (χ0) is 21.2. The van der Waals surface area contributed by atoms with E-state index in [0.717, 1.165) is 40.5 Å². The Morgan fingerprint density at radius 1 is 1.21 bits per heavy atom. The summed E-state index contributed by atoms with van der Waals surface area (Å²) in [5.74, 6) is 0. The minimum atomic E-state index is -3.54. The number of benzene rings is 1. The van der Waals surface area contributed by atoms with E-state index in [2.05, 4.69) is 6.92 Å². The van der Waals surface area contributed by atoms with E-state index in [1.165, 1.54) is 11.3 Å². The average molecular weight is 452 g/mol. The first-order valence-corrected chi connectivity index (χ1v) is 12.4. The van der Waals surface area contributed by atoms with Gasteiger partial charge >= 0.3 is 0 Å². The molecule has 3 aromatic rings. The number of aromatic nitrogens is 2. The van der Waals surface area contributed by atoms with Crippen molar-refractivity contribution in [2.24, 2.45) is 7.05 Å². The highest BCUT2D eigenvalue weighted by Crippen LogP contribution is 2.33. The lowest BCUT2D eigenvalue weighted by atomic mass is 10.2. The summed E-state index contributed by atoms with van der Waals surface area (Å²) in [6, 6.07) is 9.29. The molecule has 0 unspecified atom stereocenters. The van der Waals surface area contributed by atoms with Gasteiger partial charge in [-0.05, 0) is 31.5 Å². The summed E-state index contributed by atoms with van der Waals surface area (Å²) in [4.78, 5) is 5.10. The summed E-state index contributed by atoms with van der Waals surface area (Å²) < 4.78 is 29.9. The van der Waals surface area contributed by atoms with Crippen LogP contribution in [0.4, 0.5) is 0 Å². The lowest BCUT2D eigenvalue weighted by Crippen LogP contribution is -2.32. The highest BCUT2D eigenvalue weighted by molar-refractivity contribution is 7.89. The van der Waals surface area contributed by atoms with Gasteiger partial charge in [-0.15, -0.1) is 11.3 Å². The highest BCUT2D eigenvalue weighted by atomic mass is 35.5. The lowest BCUT2D eigenvalue weighted by molar-refractivity contribution is 0.418. The van der Waals surface area contributed by atoms with Gasteiger partial charge in [0.25, 0.3) is 0 Å². The van der Waals surface area contributed by atoms with Crippen LogP contribution in [0, 0.1) is 6.92 Å². The van der Waals surface area contributed by atoms with Crippen molar-refractivity contribution in [3.63, 3.8) is 0 Å². The van der Waals surface area contributed by atoms with Gasteiger partial charge in [-0.2, -0.15) is 4.31 Å². The van der Waals surface area contributed by atoms with Gasteiger partial charge in [0.1, 0.15) is 9.90 Å². The first-order valence-electron chi connectivity index (χ1n) is 9.67. The van der Waals surface area contributed by atoms with Crippen molar-refractivity contribution in [1.29, 1.82) is 0 Å². The van der Waals surface area contributed by atoms with Crippen LogP contribution in [0.3, 0.4) is 0 Å². The number of thiazole rings is 1. The summed E-state index contributed by atoms with van der Waals surface area (Å²) >= 11 is 7.47. The molecule has 8 heteroatoms. The summed E-state index contributed by atoms with van der Waals surface area (Å²) in [7, 11) is -1.65. The fraction of sp³-hybridized carbons (Fsp3) is 0.381. The molecule has 0 N–H and O–H groups in total. The molecule has 5 nitrogen and oxygen atoms in total. The van der Waals surface area contributed by atoms with E-state index < -0.39 is 10.0 Å². The fourth-order valence-electron chi connectivity index (χ4n) is 3.20. The number of halogens is 1. The van der Waals surface area contributed by atoms with Gasteiger partial charge in [-0.1, -0.05) is 44.0 Å². The quantitative estimate of drug-likeness (QED) is 0.448. The van der Waals surface area contributed by atoms with Crippen molar-refractivity contribution in [3.8, 4) is 22.0 Å². The van der Waals surface area contributed by atoms with Crippen LogP contribution < -0.4 is 0 Å². The monoisotopic (exact) mass is 451 g/mol. The van der Waals surface area contributed by atoms with Crippen LogP contribution in [0.1, 0.15) is 32.4 Å². The van der Waals surface area contributed by atoms with Crippen molar-refractivity contribution in [1.82, 2.24) is 13.9 Å². The molecule has 0 radical (unpaired) electrons. The summed E-state index contributed by atoms with van der Waals surface area (Å²) in [5, 5.41) is 3.45. The molecule has 2 heterocycles. The predicted molar refractivity (Wildman–Crippen MR) is 121 cm³/mol. The zero-order valence-electron chi connectivity index (χ0n) is 17.1. The van der Waals surface area contributed by atoms with Crippen molar-refractivity contribution < 1.29 is 8.42 Å². The third-order valence-electron chi connectivity index (χ3n) is 5.08. The van der Waals surface area contributed by atoms with E-state index in [-0.39, 0.29) is 0 Å². The molecule has 0 saturated carbocycles. The SMILES string of the molecule is CCCCN(CC)S(=O)(=O)c1cc(-c2nc(-c3ccc(Cl)cc3)cs2)n(C)c1C. The van der Waals surface area contributed by atoms with E-state index in [0.29, 0.717) is 23.0 Å². The van der Waals surface area contributed by atoms with E-state index in [1.807, 2.05) is 55.1 Å². The van der Waals surface area contributed by atoms with Crippen LogP contribution in [0.25, 0.3) is 22.0 Å². The third-order valence-corrected chi connectivity index (χ3v) is 8.29. The second-order valence-corrected chi connectivity index (χ2v) is 10.1. The summed E-state index contributed by atoms with van der Waals surface area (Å²) in [6.45, 7) is 6.79. The number of sulfonamides is 1.